The second kappa shape index (κ2) is 6.41. The zero-order valence-corrected chi connectivity index (χ0v) is 13.6. The molecule has 1 amide bonds. The van der Waals surface area contributed by atoms with Gasteiger partial charge in [0.2, 0.25) is 0 Å². The van der Waals surface area contributed by atoms with Gasteiger partial charge in [0.25, 0.3) is 5.91 Å². The van der Waals surface area contributed by atoms with E-state index in [1.165, 1.54) is 11.3 Å². The van der Waals surface area contributed by atoms with Crippen molar-refractivity contribution in [3.8, 4) is 17.0 Å². The molecule has 5 nitrogen and oxygen atoms in total. The van der Waals surface area contributed by atoms with E-state index in [1.54, 1.807) is 18.6 Å². The molecule has 0 radical (unpaired) electrons. The summed E-state index contributed by atoms with van der Waals surface area (Å²) in [5.41, 5.74) is 3.69. The van der Waals surface area contributed by atoms with Gasteiger partial charge in [0.1, 0.15) is 11.9 Å². The average molecular weight is 337 g/mol. The van der Waals surface area contributed by atoms with Gasteiger partial charge in [-0.05, 0) is 35.2 Å². The molecule has 0 fully saturated rings. The maximum Gasteiger partial charge on any atom is 0.252 e. The van der Waals surface area contributed by atoms with Crippen molar-refractivity contribution < 1.29 is 9.53 Å². The number of carbonyl (C=O) groups is 1. The summed E-state index contributed by atoms with van der Waals surface area (Å²) in [5, 5.41) is 6.66. The van der Waals surface area contributed by atoms with Crippen LogP contribution in [0.1, 0.15) is 15.9 Å². The molecule has 0 bridgehead atoms. The predicted octanol–water partition coefficient (Wildman–Crippen LogP) is 2.94. The minimum Gasteiger partial charge on any atom is -0.488 e. The Morgan fingerprint density at radius 3 is 3.08 bits per heavy atom. The largest absolute Gasteiger partial charge is 0.488 e. The van der Waals surface area contributed by atoms with Gasteiger partial charge < -0.3 is 10.1 Å². The van der Waals surface area contributed by atoms with Crippen LogP contribution in [-0.4, -0.2) is 28.5 Å². The van der Waals surface area contributed by atoms with E-state index in [0.29, 0.717) is 12.1 Å². The molecule has 0 aliphatic carbocycles. The zero-order chi connectivity index (χ0) is 16.4. The molecular weight excluding hydrogens is 322 g/mol. The lowest BCUT2D eigenvalue weighted by molar-refractivity contribution is 0.0934. The summed E-state index contributed by atoms with van der Waals surface area (Å²) in [6.45, 7) is 0.490. The second-order valence-electron chi connectivity index (χ2n) is 5.58. The molecule has 0 saturated carbocycles. The fraction of sp³-hybridized carbons (Fsp3) is 0.167. The summed E-state index contributed by atoms with van der Waals surface area (Å²) in [6.07, 6.45) is 5.82. The van der Waals surface area contributed by atoms with E-state index in [-0.39, 0.29) is 12.0 Å². The van der Waals surface area contributed by atoms with Crippen molar-refractivity contribution in [1.82, 2.24) is 15.3 Å². The Balaban J connectivity index is 1.42. The van der Waals surface area contributed by atoms with Crippen molar-refractivity contribution in [2.24, 2.45) is 0 Å². The zero-order valence-electron chi connectivity index (χ0n) is 12.8. The Morgan fingerprint density at radius 2 is 2.29 bits per heavy atom. The third-order valence-corrected chi connectivity index (χ3v) is 4.62. The SMILES string of the molecule is O=C(NCC1Cc2cc(-c3cnccn3)ccc2O1)c1ccsc1. The number of rotatable bonds is 4. The number of hydrogen-bond acceptors (Lipinski definition) is 5. The quantitative estimate of drug-likeness (QED) is 0.795. The highest BCUT2D eigenvalue weighted by Gasteiger charge is 2.24. The van der Waals surface area contributed by atoms with Gasteiger partial charge in [-0.15, -0.1) is 0 Å². The molecule has 0 saturated heterocycles. The first kappa shape index (κ1) is 14.8. The average Bonchev–Trinajstić information content (AvgIpc) is 3.29. The fourth-order valence-electron chi connectivity index (χ4n) is 2.74. The predicted molar refractivity (Wildman–Crippen MR) is 92.2 cm³/mol. The monoisotopic (exact) mass is 337 g/mol. The number of nitrogens with zero attached hydrogens (tertiary/aromatic N) is 2. The van der Waals surface area contributed by atoms with Crippen LogP contribution < -0.4 is 10.1 Å². The van der Waals surface area contributed by atoms with Gasteiger partial charge in [-0.25, -0.2) is 0 Å². The van der Waals surface area contributed by atoms with Crippen molar-refractivity contribution >= 4 is 17.2 Å². The number of thiophene rings is 1. The smallest absolute Gasteiger partial charge is 0.252 e. The molecule has 6 heteroatoms. The molecule has 4 rings (SSSR count). The van der Waals surface area contributed by atoms with E-state index in [1.807, 2.05) is 29.0 Å². The number of aromatic nitrogens is 2. The van der Waals surface area contributed by atoms with Gasteiger partial charge in [0.15, 0.2) is 0 Å². The van der Waals surface area contributed by atoms with Gasteiger partial charge in [-0.2, -0.15) is 11.3 Å². The van der Waals surface area contributed by atoms with E-state index in [4.69, 9.17) is 4.74 Å². The van der Waals surface area contributed by atoms with Gasteiger partial charge in [-0.1, -0.05) is 0 Å². The molecular formula is C18H15N3O2S. The van der Waals surface area contributed by atoms with Crippen LogP contribution in [0.4, 0.5) is 0 Å². The third-order valence-electron chi connectivity index (χ3n) is 3.93. The fourth-order valence-corrected chi connectivity index (χ4v) is 3.38. The number of hydrogen-bond donors (Lipinski definition) is 1. The Hall–Kier alpha value is -2.73. The lowest BCUT2D eigenvalue weighted by atomic mass is 10.0. The first-order valence-electron chi connectivity index (χ1n) is 7.66. The minimum atomic E-state index is -0.0592. The number of amides is 1. The lowest BCUT2D eigenvalue weighted by Crippen LogP contribution is -2.34. The van der Waals surface area contributed by atoms with Crippen LogP contribution in [0.15, 0.2) is 53.6 Å². The van der Waals surface area contributed by atoms with E-state index < -0.39 is 0 Å². The van der Waals surface area contributed by atoms with E-state index in [2.05, 4.69) is 21.4 Å². The first-order valence-corrected chi connectivity index (χ1v) is 8.60. The Kier molecular flexibility index (Phi) is 3.96. The van der Waals surface area contributed by atoms with Crippen LogP contribution in [0, 0.1) is 0 Å². The summed E-state index contributed by atoms with van der Waals surface area (Å²) in [6, 6.07) is 7.84. The molecule has 24 heavy (non-hydrogen) atoms. The number of fused-ring (bicyclic) bond motifs is 1. The van der Waals surface area contributed by atoms with Gasteiger partial charge in [-0.3, -0.25) is 14.8 Å². The summed E-state index contributed by atoms with van der Waals surface area (Å²) in [5.74, 6) is 0.813. The molecule has 3 aromatic rings. The van der Waals surface area contributed by atoms with Crippen LogP contribution in [0.25, 0.3) is 11.3 Å². The van der Waals surface area contributed by atoms with Crippen LogP contribution >= 0.6 is 11.3 Å². The summed E-state index contributed by atoms with van der Waals surface area (Å²) < 4.78 is 5.92. The van der Waals surface area contributed by atoms with E-state index in [0.717, 1.165) is 29.0 Å². The van der Waals surface area contributed by atoms with E-state index >= 15 is 0 Å². The van der Waals surface area contributed by atoms with Crippen LogP contribution in [0.5, 0.6) is 5.75 Å². The molecule has 1 unspecified atom stereocenters. The highest BCUT2D eigenvalue weighted by molar-refractivity contribution is 7.08. The molecule has 1 N–H and O–H groups in total. The second-order valence-corrected chi connectivity index (χ2v) is 6.36. The molecule has 1 aliphatic rings. The number of ether oxygens (including phenoxy) is 1. The molecule has 2 aromatic heterocycles. The van der Waals surface area contributed by atoms with Gasteiger partial charge in [0, 0.05) is 35.3 Å². The van der Waals surface area contributed by atoms with Crippen LogP contribution in [0.3, 0.4) is 0 Å². The molecule has 3 heterocycles. The van der Waals surface area contributed by atoms with E-state index in [9.17, 15) is 4.79 Å². The highest BCUT2D eigenvalue weighted by atomic mass is 32.1. The maximum absolute atomic E-state index is 12.0. The Morgan fingerprint density at radius 1 is 1.33 bits per heavy atom. The van der Waals surface area contributed by atoms with Crippen molar-refractivity contribution in [3.05, 3.63) is 64.7 Å². The first-order chi connectivity index (χ1) is 11.8. The Bertz CT molecular complexity index is 850. The highest BCUT2D eigenvalue weighted by Crippen LogP contribution is 2.32. The topological polar surface area (TPSA) is 64.1 Å². The van der Waals surface area contributed by atoms with Crippen molar-refractivity contribution in [1.29, 1.82) is 0 Å². The number of benzene rings is 1. The molecule has 1 atom stereocenters. The molecule has 120 valence electrons. The normalized spacial score (nSPS) is 15.6. The number of nitrogens with one attached hydrogen (secondary N) is 1. The van der Waals surface area contributed by atoms with Gasteiger partial charge in [0.05, 0.1) is 18.4 Å². The standard InChI is InChI=1S/C18H15N3O2S/c22-18(13-3-6-24-11-13)21-9-15-8-14-7-12(1-2-17(14)23-15)16-10-19-4-5-20-16/h1-7,10-11,15H,8-9H2,(H,21,22). The summed E-state index contributed by atoms with van der Waals surface area (Å²) in [7, 11) is 0. The molecule has 1 aliphatic heterocycles. The summed E-state index contributed by atoms with van der Waals surface area (Å²) >= 11 is 1.51. The van der Waals surface area contributed by atoms with Crippen molar-refractivity contribution in [2.45, 2.75) is 12.5 Å². The third kappa shape index (κ3) is 3.00. The summed E-state index contributed by atoms with van der Waals surface area (Å²) in [4.78, 5) is 20.4. The van der Waals surface area contributed by atoms with Gasteiger partial charge >= 0.3 is 0 Å². The van der Waals surface area contributed by atoms with Crippen molar-refractivity contribution in [2.75, 3.05) is 6.54 Å². The maximum atomic E-state index is 12.0. The lowest BCUT2D eigenvalue weighted by Gasteiger charge is -2.11. The molecule has 1 aromatic carbocycles. The number of carbonyl (C=O) groups excluding carboxylic acids is 1. The molecule has 0 spiro atoms. The van der Waals surface area contributed by atoms with Crippen LogP contribution in [-0.2, 0) is 6.42 Å². The minimum absolute atomic E-state index is 0.0420. The Labute approximate surface area is 143 Å². The van der Waals surface area contributed by atoms with Crippen LogP contribution in [0.2, 0.25) is 0 Å². The van der Waals surface area contributed by atoms with Crippen molar-refractivity contribution in [3.63, 3.8) is 0 Å².